The van der Waals surface area contributed by atoms with Crippen molar-refractivity contribution < 1.29 is 31.7 Å². The monoisotopic (exact) mass is 366 g/mol. The van der Waals surface area contributed by atoms with Crippen LogP contribution >= 0.6 is 0 Å². The lowest BCUT2D eigenvalue weighted by molar-refractivity contribution is -0.139. The van der Waals surface area contributed by atoms with Crippen molar-refractivity contribution in [1.29, 1.82) is 0 Å². The standard InChI is InChI=1S/C12H22N4O7S/c1-3-8(13-2)7-22-14-11(17)10-5-4-9-6-15(10)12(18)16(9)23-24(19,20)21/h8-10,13H,3-7H2,1-2H3,(H,14,17)(H,19,20,21)/t8?,9-,10+/m1/s1. The molecule has 2 fully saturated rings. The Balaban J connectivity index is 1.92. The van der Waals surface area contributed by atoms with Crippen LogP contribution in [0.25, 0.3) is 0 Å². The molecule has 3 N–H and O–H groups in total. The average Bonchev–Trinajstić information content (AvgIpc) is 2.75. The maximum Gasteiger partial charge on any atom is 0.418 e. The molecule has 2 saturated heterocycles. The minimum absolute atomic E-state index is 0.0908. The van der Waals surface area contributed by atoms with Gasteiger partial charge in [-0.25, -0.2) is 10.3 Å². The number of urea groups is 1. The Bertz CT molecular complexity index is 580. The maximum atomic E-state index is 12.2. The first-order chi connectivity index (χ1) is 11.3. The Kier molecular flexibility index (Phi) is 5.98. The molecule has 3 atom stereocenters. The molecule has 3 amide bonds. The summed E-state index contributed by atoms with van der Waals surface area (Å²) in [5.74, 6) is -0.485. The maximum absolute atomic E-state index is 12.2. The van der Waals surface area contributed by atoms with Crippen molar-refractivity contribution in [2.45, 2.75) is 44.3 Å². The zero-order valence-electron chi connectivity index (χ0n) is 13.5. The topological polar surface area (TPSA) is 138 Å². The van der Waals surface area contributed by atoms with Crippen molar-refractivity contribution in [3.8, 4) is 0 Å². The second-order valence-corrected chi connectivity index (χ2v) is 6.69. The molecule has 0 radical (unpaired) electrons. The zero-order chi connectivity index (χ0) is 17.9. The summed E-state index contributed by atoms with van der Waals surface area (Å²) in [6.07, 6.45) is 1.52. The highest BCUT2D eigenvalue weighted by atomic mass is 32.3. The molecule has 138 valence electrons. The first-order valence-electron chi connectivity index (χ1n) is 7.62. The average molecular weight is 366 g/mol. The molecule has 0 aliphatic carbocycles. The Labute approximate surface area is 140 Å². The summed E-state index contributed by atoms with van der Waals surface area (Å²) in [6, 6.07) is -2.00. The van der Waals surface area contributed by atoms with E-state index in [1.807, 2.05) is 6.92 Å². The summed E-state index contributed by atoms with van der Waals surface area (Å²) in [6.45, 7) is 2.39. The third-order valence-corrected chi connectivity index (χ3v) is 4.51. The molecule has 0 aromatic carbocycles. The van der Waals surface area contributed by atoms with Crippen LogP contribution in [0.4, 0.5) is 4.79 Å². The van der Waals surface area contributed by atoms with E-state index >= 15 is 0 Å². The number of carbonyl (C=O) groups excluding carboxylic acids is 2. The lowest BCUT2D eigenvalue weighted by Gasteiger charge is -2.29. The summed E-state index contributed by atoms with van der Waals surface area (Å²) in [7, 11) is -3.02. The molecule has 24 heavy (non-hydrogen) atoms. The van der Waals surface area contributed by atoms with E-state index < -0.39 is 34.4 Å². The molecular weight excluding hydrogens is 344 g/mol. The summed E-state index contributed by atoms with van der Waals surface area (Å²) in [4.78, 5) is 30.7. The summed E-state index contributed by atoms with van der Waals surface area (Å²) in [5.41, 5.74) is 2.32. The SMILES string of the molecule is CCC(CONC(=O)[C@@H]1CC[C@@H]2CN1C(=O)N2OS(=O)(=O)O)NC. The second-order valence-electron chi connectivity index (χ2n) is 5.68. The number of hydrogen-bond donors (Lipinski definition) is 3. The molecule has 0 spiro atoms. The largest absolute Gasteiger partial charge is 0.418 e. The van der Waals surface area contributed by atoms with Gasteiger partial charge >= 0.3 is 16.4 Å². The van der Waals surface area contributed by atoms with Crippen LogP contribution in [-0.4, -0.2) is 73.2 Å². The van der Waals surface area contributed by atoms with Gasteiger partial charge in [0.05, 0.1) is 12.6 Å². The summed E-state index contributed by atoms with van der Waals surface area (Å²) >= 11 is 0. The van der Waals surface area contributed by atoms with Crippen LogP contribution in [0.2, 0.25) is 0 Å². The molecule has 0 aromatic rings. The van der Waals surface area contributed by atoms with E-state index in [9.17, 15) is 18.0 Å². The summed E-state index contributed by atoms with van der Waals surface area (Å²) < 4.78 is 34.7. The van der Waals surface area contributed by atoms with Gasteiger partial charge in [-0.05, 0) is 26.3 Å². The molecule has 11 nitrogen and oxygen atoms in total. The minimum atomic E-state index is -4.80. The number of piperidine rings is 1. The van der Waals surface area contributed by atoms with Crippen molar-refractivity contribution >= 4 is 22.3 Å². The van der Waals surface area contributed by atoms with Crippen LogP contribution < -0.4 is 10.8 Å². The van der Waals surface area contributed by atoms with Gasteiger partial charge in [-0.3, -0.25) is 14.2 Å². The molecule has 2 rings (SSSR count). The van der Waals surface area contributed by atoms with Crippen LogP contribution in [0.1, 0.15) is 26.2 Å². The van der Waals surface area contributed by atoms with E-state index in [0.29, 0.717) is 17.9 Å². The van der Waals surface area contributed by atoms with E-state index in [4.69, 9.17) is 9.39 Å². The van der Waals surface area contributed by atoms with Gasteiger partial charge in [-0.2, -0.15) is 13.5 Å². The molecule has 12 heteroatoms. The smallest absolute Gasteiger partial charge is 0.315 e. The molecule has 2 bridgehead atoms. The number of nitrogens with one attached hydrogen (secondary N) is 2. The highest BCUT2D eigenvalue weighted by molar-refractivity contribution is 7.80. The van der Waals surface area contributed by atoms with Gasteiger partial charge in [0.1, 0.15) is 6.04 Å². The molecule has 2 aliphatic heterocycles. The Morgan fingerprint density at radius 3 is 2.75 bits per heavy atom. The Morgan fingerprint density at radius 1 is 1.46 bits per heavy atom. The van der Waals surface area contributed by atoms with Gasteiger partial charge in [-0.1, -0.05) is 6.92 Å². The van der Waals surface area contributed by atoms with Gasteiger partial charge in [0.15, 0.2) is 0 Å². The molecule has 2 aliphatic rings. The predicted molar refractivity (Wildman–Crippen MR) is 80.6 cm³/mol. The van der Waals surface area contributed by atoms with E-state index in [1.54, 1.807) is 7.05 Å². The molecule has 2 heterocycles. The third-order valence-electron chi connectivity index (χ3n) is 4.16. The number of fused-ring (bicyclic) bond motifs is 2. The molecule has 1 unspecified atom stereocenters. The van der Waals surface area contributed by atoms with Crippen molar-refractivity contribution in [2.24, 2.45) is 0 Å². The normalized spacial score (nSPS) is 25.0. The van der Waals surface area contributed by atoms with E-state index in [1.165, 1.54) is 4.90 Å². The van der Waals surface area contributed by atoms with Crippen LogP contribution in [0.5, 0.6) is 0 Å². The van der Waals surface area contributed by atoms with Gasteiger partial charge in [0.2, 0.25) is 0 Å². The van der Waals surface area contributed by atoms with Crippen molar-refractivity contribution in [3.63, 3.8) is 0 Å². The number of hydrogen-bond acceptors (Lipinski definition) is 7. The van der Waals surface area contributed by atoms with Crippen molar-refractivity contribution in [3.05, 3.63) is 0 Å². The van der Waals surface area contributed by atoms with E-state index in [-0.39, 0.29) is 19.2 Å². The molecular formula is C12H22N4O7S. The van der Waals surface area contributed by atoms with Gasteiger partial charge < -0.3 is 10.2 Å². The number of hydroxylamine groups is 3. The van der Waals surface area contributed by atoms with E-state index in [0.717, 1.165) is 6.42 Å². The number of rotatable bonds is 8. The van der Waals surface area contributed by atoms with Gasteiger partial charge in [0, 0.05) is 12.6 Å². The summed E-state index contributed by atoms with van der Waals surface area (Å²) in [5, 5.41) is 3.62. The second kappa shape index (κ2) is 7.61. The van der Waals surface area contributed by atoms with Crippen LogP contribution in [0.15, 0.2) is 0 Å². The molecule has 0 aromatic heterocycles. The lowest BCUT2D eigenvalue weighted by atomic mass is 10.0. The third kappa shape index (κ3) is 4.33. The van der Waals surface area contributed by atoms with Crippen LogP contribution in [0.3, 0.4) is 0 Å². The number of nitrogens with zero attached hydrogens (tertiary/aromatic N) is 2. The quantitative estimate of drug-likeness (QED) is 0.369. The fraction of sp³-hybridized carbons (Fsp3) is 0.833. The van der Waals surface area contributed by atoms with Crippen LogP contribution in [0, 0.1) is 0 Å². The minimum Gasteiger partial charge on any atom is -0.315 e. The van der Waals surface area contributed by atoms with E-state index in [2.05, 4.69) is 15.1 Å². The fourth-order valence-corrected chi connectivity index (χ4v) is 3.18. The first-order valence-corrected chi connectivity index (χ1v) is 8.99. The first kappa shape index (κ1) is 18.9. The van der Waals surface area contributed by atoms with Gasteiger partial charge in [-0.15, -0.1) is 4.28 Å². The number of amides is 3. The van der Waals surface area contributed by atoms with Crippen molar-refractivity contribution in [2.75, 3.05) is 20.2 Å². The predicted octanol–water partition coefficient (Wildman–Crippen LogP) is -0.965. The Morgan fingerprint density at radius 2 is 2.17 bits per heavy atom. The number of likely N-dealkylation sites (N-methyl/N-ethyl adjacent to an activating group) is 1. The van der Waals surface area contributed by atoms with Crippen LogP contribution in [-0.2, 0) is 24.3 Å². The highest BCUT2D eigenvalue weighted by Crippen LogP contribution is 2.30. The number of carbonyl (C=O) groups is 2. The zero-order valence-corrected chi connectivity index (χ0v) is 14.3. The molecule has 0 saturated carbocycles. The lowest BCUT2D eigenvalue weighted by Crippen LogP contribution is -2.50. The Hall–Kier alpha value is -1.47. The highest BCUT2D eigenvalue weighted by Gasteiger charge is 2.49. The van der Waals surface area contributed by atoms with Crippen molar-refractivity contribution in [1.82, 2.24) is 20.8 Å². The fourth-order valence-electron chi connectivity index (χ4n) is 2.79. The van der Waals surface area contributed by atoms with Gasteiger partial charge in [0.25, 0.3) is 5.91 Å².